The molecule has 0 amide bonds. The summed E-state index contributed by atoms with van der Waals surface area (Å²) in [6.45, 7) is 8.35. The smallest absolute Gasteiger partial charge is 0.142 e. The van der Waals surface area contributed by atoms with Crippen LogP contribution in [0.2, 0.25) is 5.02 Å². The summed E-state index contributed by atoms with van der Waals surface area (Å²) in [5.74, 6) is 0.238. The Morgan fingerprint density at radius 1 is 1.30 bits per heavy atom. The van der Waals surface area contributed by atoms with E-state index in [9.17, 15) is 4.39 Å². The van der Waals surface area contributed by atoms with E-state index in [-0.39, 0.29) is 29.3 Å². The van der Waals surface area contributed by atoms with Crippen LogP contribution in [0.4, 0.5) is 4.39 Å². The number of nitrogens with zero attached hydrogens (tertiary/aromatic N) is 1. The number of benzene rings is 1. The molecule has 1 saturated heterocycles. The van der Waals surface area contributed by atoms with Crippen LogP contribution < -0.4 is 5.32 Å². The van der Waals surface area contributed by atoms with Crippen LogP contribution in [0.25, 0.3) is 0 Å². The highest BCUT2D eigenvalue weighted by molar-refractivity contribution is 6.31. The van der Waals surface area contributed by atoms with Crippen LogP contribution in [-0.4, -0.2) is 31.1 Å². The van der Waals surface area contributed by atoms with E-state index in [0.717, 1.165) is 38.2 Å². The van der Waals surface area contributed by atoms with Crippen molar-refractivity contribution in [3.63, 3.8) is 0 Å². The molecule has 0 saturated carbocycles. The normalized spacial score (nSPS) is 17.9. The molecule has 2 rings (SSSR count). The Kier molecular flexibility index (Phi) is 7.24. The summed E-state index contributed by atoms with van der Waals surface area (Å²) in [6.07, 6.45) is 1.00. The molecule has 1 aromatic rings. The molecule has 0 unspecified atom stereocenters. The van der Waals surface area contributed by atoms with E-state index in [4.69, 9.17) is 11.6 Å². The second-order valence-corrected chi connectivity index (χ2v) is 5.95. The molecule has 0 radical (unpaired) electrons. The van der Waals surface area contributed by atoms with Gasteiger partial charge < -0.3 is 5.32 Å². The molecular weight excluding hydrogens is 298 g/mol. The molecular formula is C15H23Cl2FN2. The molecule has 1 fully saturated rings. The first-order chi connectivity index (χ1) is 9.09. The molecule has 20 heavy (non-hydrogen) atoms. The SMILES string of the molecule is CC(C)C[C@@H](c1cccc(F)c1Cl)N1CCNCC1.Cl. The second-order valence-electron chi connectivity index (χ2n) is 5.57. The third kappa shape index (κ3) is 4.32. The van der Waals surface area contributed by atoms with E-state index in [1.165, 1.54) is 6.07 Å². The van der Waals surface area contributed by atoms with Crippen molar-refractivity contribution in [1.29, 1.82) is 0 Å². The van der Waals surface area contributed by atoms with Crippen molar-refractivity contribution in [3.8, 4) is 0 Å². The summed E-state index contributed by atoms with van der Waals surface area (Å²) in [7, 11) is 0. The summed E-state index contributed by atoms with van der Waals surface area (Å²) in [5.41, 5.74) is 0.928. The minimum atomic E-state index is -0.317. The number of halogens is 3. The Hall–Kier alpha value is -0.350. The topological polar surface area (TPSA) is 15.3 Å². The van der Waals surface area contributed by atoms with E-state index in [2.05, 4.69) is 24.1 Å². The summed E-state index contributed by atoms with van der Waals surface area (Å²) >= 11 is 6.17. The fourth-order valence-corrected chi connectivity index (χ4v) is 2.94. The standard InChI is InChI=1S/C15H22ClFN2.ClH/c1-11(2)10-14(19-8-6-18-7-9-19)12-4-3-5-13(17)15(12)16;/h3-5,11,14,18H,6-10H2,1-2H3;1H/t14-;/m0./s1. The van der Waals surface area contributed by atoms with Gasteiger partial charge in [-0.15, -0.1) is 12.4 Å². The Morgan fingerprint density at radius 2 is 1.95 bits per heavy atom. The number of hydrogen-bond donors (Lipinski definition) is 1. The zero-order valence-electron chi connectivity index (χ0n) is 12.0. The fourth-order valence-electron chi connectivity index (χ4n) is 2.69. The van der Waals surface area contributed by atoms with E-state index < -0.39 is 0 Å². The van der Waals surface area contributed by atoms with Crippen molar-refractivity contribution >= 4 is 24.0 Å². The van der Waals surface area contributed by atoms with Gasteiger partial charge in [0.2, 0.25) is 0 Å². The van der Waals surface area contributed by atoms with Gasteiger partial charge in [-0.25, -0.2) is 4.39 Å². The Balaban J connectivity index is 0.00000200. The molecule has 1 aromatic carbocycles. The monoisotopic (exact) mass is 320 g/mol. The molecule has 0 aromatic heterocycles. The van der Waals surface area contributed by atoms with Crippen LogP contribution in [0.1, 0.15) is 31.9 Å². The minimum absolute atomic E-state index is 0. The molecule has 1 aliphatic heterocycles. The van der Waals surface area contributed by atoms with Gasteiger partial charge in [0.05, 0.1) is 5.02 Å². The lowest BCUT2D eigenvalue weighted by Crippen LogP contribution is -2.45. The molecule has 1 heterocycles. The predicted molar refractivity (Wildman–Crippen MR) is 85.3 cm³/mol. The molecule has 1 atom stereocenters. The highest BCUT2D eigenvalue weighted by Gasteiger charge is 2.25. The molecule has 2 nitrogen and oxygen atoms in total. The lowest BCUT2D eigenvalue weighted by Gasteiger charge is -2.36. The van der Waals surface area contributed by atoms with Crippen LogP contribution >= 0.6 is 24.0 Å². The van der Waals surface area contributed by atoms with E-state index in [1.807, 2.05) is 6.07 Å². The van der Waals surface area contributed by atoms with Gasteiger partial charge in [0.1, 0.15) is 5.82 Å². The largest absolute Gasteiger partial charge is 0.314 e. The van der Waals surface area contributed by atoms with Gasteiger partial charge in [-0.3, -0.25) is 4.90 Å². The summed E-state index contributed by atoms with van der Waals surface area (Å²) in [6, 6.07) is 5.35. The third-order valence-corrected chi connectivity index (χ3v) is 4.03. The van der Waals surface area contributed by atoms with Gasteiger partial charge in [0.15, 0.2) is 0 Å². The number of piperazine rings is 1. The second kappa shape index (κ2) is 8.18. The van der Waals surface area contributed by atoms with Gasteiger partial charge in [0.25, 0.3) is 0 Å². The third-order valence-electron chi connectivity index (χ3n) is 3.63. The van der Waals surface area contributed by atoms with Crippen molar-refractivity contribution in [3.05, 3.63) is 34.6 Å². The van der Waals surface area contributed by atoms with Gasteiger partial charge in [-0.05, 0) is 24.0 Å². The average Bonchev–Trinajstić information content (AvgIpc) is 2.40. The molecule has 114 valence electrons. The van der Waals surface area contributed by atoms with E-state index in [0.29, 0.717) is 5.92 Å². The first kappa shape index (κ1) is 17.7. The highest BCUT2D eigenvalue weighted by Crippen LogP contribution is 2.34. The maximum atomic E-state index is 13.7. The molecule has 0 bridgehead atoms. The lowest BCUT2D eigenvalue weighted by atomic mass is 9.95. The summed E-state index contributed by atoms with van der Waals surface area (Å²) < 4.78 is 13.7. The number of nitrogens with one attached hydrogen (secondary N) is 1. The lowest BCUT2D eigenvalue weighted by molar-refractivity contribution is 0.154. The minimum Gasteiger partial charge on any atom is -0.314 e. The van der Waals surface area contributed by atoms with E-state index >= 15 is 0 Å². The van der Waals surface area contributed by atoms with Crippen molar-refractivity contribution in [2.75, 3.05) is 26.2 Å². The zero-order chi connectivity index (χ0) is 13.8. The van der Waals surface area contributed by atoms with Crippen molar-refractivity contribution < 1.29 is 4.39 Å². The van der Waals surface area contributed by atoms with Gasteiger partial charge >= 0.3 is 0 Å². The summed E-state index contributed by atoms with van der Waals surface area (Å²) in [5, 5.41) is 3.64. The quantitative estimate of drug-likeness (QED) is 0.905. The predicted octanol–water partition coefficient (Wildman–Crippen LogP) is 3.89. The van der Waals surface area contributed by atoms with Gasteiger partial charge in [-0.2, -0.15) is 0 Å². The first-order valence-electron chi connectivity index (χ1n) is 6.98. The van der Waals surface area contributed by atoms with Gasteiger partial charge in [-0.1, -0.05) is 37.6 Å². The van der Waals surface area contributed by atoms with Gasteiger partial charge in [0, 0.05) is 32.2 Å². The maximum absolute atomic E-state index is 13.7. The molecule has 0 spiro atoms. The van der Waals surface area contributed by atoms with Crippen molar-refractivity contribution in [2.45, 2.75) is 26.3 Å². The number of rotatable bonds is 4. The summed E-state index contributed by atoms with van der Waals surface area (Å²) in [4.78, 5) is 2.41. The first-order valence-corrected chi connectivity index (χ1v) is 7.36. The molecule has 0 aliphatic carbocycles. The molecule has 5 heteroatoms. The van der Waals surface area contributed by atoms with Crippen LogP contribution in [0, 0.1) is 11.7 Å². The Morgan fingerprint density at radius 3 is 2.55 bits per heavy atom. The Bertz CT molecular complexity index is 420. The van der Waals surface area contributed by atoms with Crippen LogP contribution in [-0.2, 0) is 0 Å². The van der Waals surface area contributed by atoms with E-state index in [1.54, 1.807) is 6.07 Å². The highest BCUT2D eigenvalue weighted by atomic mass is 35.5. The van der Waals surface area contributed by atoms with Crippen molar-refractivity contribution in [1.82, 2.24) is 10.2 Å². The van der Waals surface area contributed by atoms with Crippen molar-refractivity contribution in [2.24, 2.45) is 5.92 Å². The van der Waals surface area contributed by atoms with Crippen LogP contribution in [0.15, 0.2) is 18.2 Å². The average molecular weight is 321 g/mol. The molecule has 1 aliphatic rings. The van der Waals surface area contributed by atoms with Crippen LogP contribution in [0.5, 0.6) is 0 Å². The zero-order valence-corrected chi connectivity index (χ0v) is 13.6. The Labute approximate surface area is 132 Å². The van der Waals surface area contributed by atoms with Crippen LogP contribution in [0.3, 0.4) is 0 Å². The maximum Gasteiger partial charge on any atom is 0.142 e. The fraction of sp³-hybridized carbons (Fsp3) is 0.600. The molecule has 1 N–H and O–H groups in total. The number of hydrogen-bond acceptors (Lipinski definition) is 2.